The van der Waals surface area contributed by atoms with Gasteiger partial charge in [-0.1, -0.05) is 41.9 Å². The first-order valence-electron chi connectivity index (χ1n) is 8.96. The SMILES string of the molecule is Cc1nn(C)c(Cl)c1CN1CCN(CC(=O)NCc2ccccc2)CC1. The van der Waals surface area contributed by atoms with Crippen LogP contribution in [0.4, 0.5) is 0 Å². The molecule has 3 rings (SSSR count). The highest BCUT2D eigenvalue weighted by molar-refractivity contribution is 6.30. The van der Waals surface area contributed by atoms with Gasteiger partial charge in [0.15, 0.2) is 0 Å². The van der Waals surface area contributed by atoms with Crippen molar-refractivity contribution >= 4 is 17.5 Å². The summed E-state index contributed by atoms with van der Waals surface area (Å²) in [6.07, 6.45) is 0. The second kappa shape index (κ2) is 8.66. The fourth-order valence-corrected chi connectivity index (χ4v) is 3.47. The molecule has 1 aromatic heterocycles. The van der Waals surface area contributed by atoms with E-state index in [1.54, 1.807) is 4.68 Å². The number of carbonyl (C=O) groups excluding carboxylic acids is 1. The molecule has 0 unspecified atom stereocenters. The molecular weight excluding hydrogens is 350 g/mol. The summed E-state index contributed by atoms with van der Waals surface area (Å²) in [6, 6.07) is 9.98. The number of benzene rings is 1. The third kappa shape index (κ3) is 4.84. The van der Waals surface area contributed by atoms with E-state index in [0.717, 1.165) is 49.5 Å². The zero-order chi connectivity index (χ0) is 18.5. The highest BCUT2D eigenvalue weighted by Gasteiger charge is 2.21. The zero-order valence-electron chi connectivity index (χ0n) is 15.4. The van der Waals surface area contributed by atoms with Crippen LogP contribution in [0.15, 0.2) is 30.3 Å². The Hall–Kier alpha value is -1.89. The molecule has 1 aliphatic rings. The molecule has 2 aromatic rings. The minimum absolute atomic E-state index is 0.0773. The van der Waals surface area contributed by atoms with Crippen molar-refractivity contribution in [1.29, 1.82) is 0 Å². The standard InChI is InChI=1S/C19H26ClN5O/c1-15-17(19(20)23(2)22-15)13-24-8-10-25(11-9-24)14-18(26)21-12-16-6-4-3-5-7-16/h3-7H,8-14H2,1-2H3,(H,21,26). The Morgan fingerprint density at radius 1 is 1.15 bits per heavy atom. The predicted molar refractivity (Wildman–Crippen MR) is 103 cm³/mol. The van der Waals surface area contributed by atoms with Crippen LogP contribution in [0.25, 0.3) is 0 Å². The van der Waals surface area contributed by atoms with E-state index in [2.05, 4.69) is 20.2 Å². The summed E-state index contributed by atoms with van der Waals surface area (Å²) in [5, 5.41) is 8.08. The van der Waals surface area contributed by atoms with Gasteiger partial charge in [-0.3, -0.25) is 19.3 Å². The Kier molecular flexibility index (Phi) is 6.29. The normalized spacial score (nSPS) is 16.0. The van der Waals surface area contributed by atoms with Crippen molar-refractivity contribution < 1.29 is 4.79 Å². The summed E-state index contributed by atoms with van der Waals surface area (Å²) < 4.78 is 1.72. The minimum Gasteiger partial charge on any atom is -0.351 e. The molecular formula is C19H26ClN5O. The summed E-state index contributed by atoms with van der Waals surface area (Å²) in [5.41, 5.74) is 3.21. The van der Waals surface area contributed by atoms with Gasteiger partial charge in [-0.2, -0.15) is 5.10 Å². The quantitative estimate of drug-likeness (QED) is 0.836. The molecule has 0 spiro atoms. The number of rotatable bonds is 6. The van der Waals surface area contributed by atoms with E-state index >= 15 is 0 Å². The second-order valence-corrected chi connectivity index (χ2v) is 7.15. The highest BCUT2D eigenvalue weighted by Crippen LogP contribution is 2.21. The van der Waals surface area contributed by atoms with Crippen molar-refractivity contribution in [3.8, 4) is 0 Å². The molecule has 140 valence electrons. The number of nitrogens with one attached hydrogen (secondary N) is 1. The number of hydrogen-bond donors (Lipinski definition) is 1. The monoisotopic (exact) mass is 375 g/mol. The van der Waals surface area contributed by atoms with E-state index < -0.39 is 0 Å². The van der Waals surface area contributed by atoms with Gasteiger partial charge >= 0.3 is 0 Å². The van der Waals surface area contributed by atoms with Crippen LogP contribution in [0.3, 0.4) is 0 Å². The van der Waals surface area contributed by atoms with Crippen LogP contribution in [0.1, 0.15) is 16.8 Å². The molecule has 0 bridgehead atoms. The lowest BCUT2D eigenvalue weighted by atomic mass is 10.2. The molecule has 1 N–H and O–H groups in total. The molecule has 0 aliphatic carbocycles. The van der Waals surface area contributed by atoms with Gasteiger partial charge in [-0.25, -0.2) is 0 Å². The molecule has 2 heterocycles. The molecule has 1 aliphatic heterocycles. The van der Waals surface area contributed by atoms with Gasteiger partial charge in [0.25, 0.3) is 0 Å². The number of halogens is 1. The van der Waals surface area contributed by atoms with Crippen molar-refractivity contribution in [2.75, 3.05) is 32.7 Å². The van der Waals surface area contributed by atoms with Gasteiger partial charge in [-0.05, 0) is 12.5 Å². The maximum atomic E-state index is 12.2. The van der Waals surface area contributed by atoms with Gasteiger partial charge in [-0.15, -0.1) is 0 Å². The molecule has 1 saturated heterocycles. The number of carbonyl (C=O) groups is 1. The molecule has 7 heteroatoms. The molecule has 6 nitrogen and oxygen atoms in total. The van der Waals surface area contributed by atoms with Gasteiger partial charge in [0.2, 0.25) is 5.91 Å². The molecule has 0 radical (unpaired) electrons. The lowest BCUT2D eigenvalue weighted by Crippen LogP contribution is -2.49. The Morgan fingerprint density at radius 3 is 2.42 bits per heavy atom. The Balaban J connectivity index is 1.41. The average molecular weight is 376 g/mol. The lowest BCUT2D eigenvalue weighted by molar-refractivity contribution is -0.122. The third-order valence-corrected chi connectivity index (χ3v) is 5.29. The number of aromatic nitrogens is 2. The summed E-state index contributed by atoms with van der Waals surface area (Å²) in [7, 11) is 1.87. The van der Waals surface area contributed by atoms with Crippen molar-refractivity contribution in [1.82, 2.24) is 24.9 Å². The fraction of sp³-hybridized carbons (Fsp3) is 0.474. The molecule has 1 aromatic carbocycles. The van der Waals surface area contributed by atoms with Gasteiger partial charge in [0, 0.05) is 51.9 Å². The lowest BCUT2D eigenvalue weighted by Gasteiger charge is -2.34. The number of amides is 1. The molecule has 1 fully saturated rings. The fourth-order valence-electron chi connectivity index (χ4n) is 3.24. The number of nitrogens with zero attached hydrogens (tertiary/aromatic N) is 4. The van der Waals surface area contributed by atoms with Crippen LogP contribution >= 0.6 is 11.6 Å². The van der Waals surface area contributed by atoms with Crippen molar-refractivity contribution in [2.45, 2.75) is 20.0 Å². The smallest absolute Gasteiger partial charge is 0.234 e. The first-order chi connectivity index (χ1) is 12.5. The third-order valence-electron chi connectivity index (χ3n) is 4.82. The van der Waals surface area contributed by atoms with Gasteiger partial charge in [0.1, 0.15) is 5.15 Å². The van der Waals surface area contributed by atoms with Gasteiger partial charge in [0.05, 0.1) is 12.2 Å². The first kappa shape index (κ1) is 18.9. The Morgan fingerprint density at radius 2 is 1.81 bits per heavy atom. The molecule has 0 atom stereocenters. The summed E-state index contributed by atoms with van der Waals surface area (Å²) >= 11 is 6.33. The molecule has 1 amide bonds. The summed E-state index contributed by atoms with van der Waals surface area (Å²) in [6.45, 7) is 7.46. The van der Waals surface area contributed by atoms with E-state index in [1.165, 1.54) is 0 Å². The van der Waals surface area contributed by atoms with Crippen LogP contribution < -0.4 is 5.32 Å². The molecule has 0 saturated carbocycles. The second-order valence-electron chi connectivity index (χ2n) is 6.79. The van der Waals surface area contributed by atoms with E-state index in [4.69, 9.17) is 11.6 Å². The average Bonchev–Trinajstić information content (AvgIpc) is 2.88. The van der Waals surface area contributed by atoms with Crippen molar-refractivity contribution in [3.05, 3.63) is 52.3 Å². The molecule has 26 heavy (non-hydrogen) atoms. The van der Waals surface area contributed by atoms with Crippen LogP contribution in [0, 0.1) is 6.92 Å². The van der Waals surface area contributed by atoms with Crippen molar-refractivity contribution in [2.24, 2.45) is 7.05 Å². The topological polar surface area (TPSA) is 53.4 Å². The van der Waals surface area contributed by atoms with Gasteiger partial charge < -0.3 is 5.32 Å². The zero-order valence-corrected chi connectivity index (χ0v) is 16.2. The van der Waals surface area contributed by atoms with Crippen molar-refractivity contribution in [3.63, 3.8) is 0 Å². The van der Waals surface area contributed by atoms with E-state index in [9.17, 15) is 4.79 Å². The summed E-state index contributed by atoms with van der Waals surface area (Å²) in [4.78, 5) is 16.7. The van der Waals surface area contributed by atoms with Crippen LogP contribution in [-0.2, 0) is 24.9 Å². The number of piperazine rings is 1. The Labute approximate surface area is 159 Å². The maximum absolute atomic E-state index is 12.2. The highest BCUT2D eigenvalue weighted by atomic mass is 35.5. The van der Waals surface area contributed by atoms with E-state index in [0.29, 0.717) is 18.2 Å². The largest absolute Gasteiger partial charge is 0.351 e. The minimum atomic E-state index is 0.0773. The van der Waals surface area contributed by atoms with Crippen LogP contribution in [0.2, 0.25) is 5.15 Å². The van der Waals surface area contributed by atoms with Crippen LogP contribution in [-0.4, -0.2) is 58.2 Å². The van der Waals surface area contributed by atoms with E-state index in [-0.39, 0.29) is 5.91 Å². The van der Waals surface area contributed by atoms with E-state index in [1.807, 2.05) is 44.3 Å². The van der Waals surface area contributed by atoms with Crippen LogP contribution in [0.5, 0.6) is 0 Å². The number of aryl methyl sites for hydroxylation is 2. The Bertz CT molecular complexity index is 738. The number of hydrogen-bond acceptors (Lipinski definition) is 4. The summed E-state index contributed by atoms with van der Waals surface area (Å²) in [5.74, 6) is 0.0773. The maximum Gasteiger partial charge on any atom is 0.234 e. The predicted octanol–water partition coefficient (Wildman–Crippen LogP) is 1.82. The first-order valence-corrected chi connectivity index (χ1v) is 9.34.